The van der Waals surface area contributed by atoms with Crippen LogP contribution in [0.4, 0.5) is 21.6 Å². The van der Waals surface area contributed by atoms with Crippen molar-refractivity contribution in [3.05, 3.63) is 42.6 Å². The predicted octanol–water partition coefficient (Wildman–Crippen LogP) is 2.55. The first-order valence-electron chi connectivity index (χ1n) is 7.75. The summed E-state index contributed by atoms with van der Waals surface area (Å²) < 4.78 is 4.67. The number of ether oxygens (including phenoxy) is 1. The maximum absolute atomic E-state index is 10.6. The molecule has 3 heterocycles. The lowest BCUT2D eigenvalue weighted by molar-refractivity contribution is 0.161. The topological polar surface area (TPSA) is 128 Å². The zero-order valence-corrected chi connectivity index (χ0v) is 14.8. The van der Waals surface area contributed by atoms with Gasteiger partial charge in [0.1, 0.15) is 24.1 Å². The monoisotopic (exact) mass is 371 g/mol. The lowest BCUT2D eigenvalue weighted by Gasteiger charge is -2.08. The first kappa shape index (κ1) is 17.5. The smallest absolute Gasteiger partial charge is 0.404 e. The molecule has 3 aromatic heterocycles. The van der Waals surface area contributed by atoms with Crippen molar-refractivity contribution in [3.63, 3.8) is 0 Å². The molecule has 0 unspecified atom stereocenters. The van der Waals surface area contributed by atoms with E-state index in [0.29, 0.717) is 24.0 Å². The van der Waals surface area contributed by atoms with Gasteiger partial charge in [-0.1, -0.05) is 11.3 Å². The Morgan fingerprint density at radius 1 is 1.27 bits per heavy atom. The molecule has 0 spiro atoms. The molecule has 9 nitrogen and oxygen atoms in total. The van der Waals surface area contributed by atoms with Gasteiger partial charge in [0.05, 0.1) is 11.4 Å². The van der Waals surface area contributed by atoms with Gasteiger partial charge in [-0.05, 0) is 24.6 Å². The van der Waals surface area contributed by atoms with Gasteiger partial charge in [-0.3, -0.25) is 4.98 Å². The molecular weight excluding hydrogens is 354 g/mol. The zero-order valence-electron chi connectivity index (χ0n) is 14.0. The van der Waals surface area contributed by atoms with Gasteiger partial charge in [0.2, 0.25) is 0 Å². The molecule has 134 valence electrons. The first-order valence-corrected chi connectivity index (χ1v) is 8.57. The largest absolute Gasteiger partial charge is 0.448 e. The molecule has 26 heavy (non-hydrogen) atoms. The summed E-state index contributed by atoms with van der Waals surface area (Å²) in [7, 11) is 0. The number of carbonyl (C=O) groups is 1. The number of aromatic nitrogens is 4. The Morgan fingerprint density at radius 3 is 2.81 bits per heavy atom. The molecule has 1 amide bonds. The Bertz CT molecular complexity index is 885. The Labute approximate surface area is 153 Å². The molecule has 10 heteroatoms. The van der Waals surface area contributed by atoms with Gasteiger partial charge in [0.25, 0.3) is 0 Å². The second-order valence-corrected chi connectivity index (χ2v) is 6.20. The molecule has 0 saturated carbocycles. The molecule has 0 radical (unpaired) electrons. The molecule has 0 fully saturated rings. The van der Waals surface area contributed by atoms with Gasteiger partial charge >= 0.3 is 6.09 Å². The highest BCUT2D eigenvalue weighted by atomic mass is 32.1. The molecule has 4 N–H and O–H groups in total. The molecule has 0 aliphatic heterocycles. The maximum Gasteiger partial charge on any atom is 0.404 e. The van der Waals surface area contributed by atoms with Gasteiger partial charge in [-0.25, -0.2) is 19.7 Å². The van der Waals surface area contributed by atoms with Crippen molar-refractivity contribution in [2.45, 2.75) is 6.92 Å². The number of nitrogens with two attached hydrogens (primary N) is 1. The van der Waals surface area contributed by atoms with Gasteiger partial charge in [-0.15, -0.1) is 0 Å². The molecule has 0 aromatic carbocycles. The van der Waals surface area contributed by atoms with Crippen LogP contribution < -0.4 is 16.4 Å². The fourth-order valence-corrected chi connectivity index (χ4v) is 2.97. The number of nitrogens with one attached hydrogen (secondary N) is 2. The Kier molecular flexibility index (Phi) is 5.54. The van der Waals surface area contributed by atoms with Crippen molar-refractivity contribution in [1.29, 1.82) is 0 Å². The number of hydrogen-bond acceptors (Lipinski definition) is 9. The van der Waals surface area contributed by atoms with Crippen molar-refractivity contribution < 1.29 is 9.53 Å². The van der Waals surface area contributed by atoms with E-state index in [-0.39, 0.29) is 6.61 Å². The number of primary amides is 1. The summed E-state index contributed by atoms with van der Waals surface area (Å²) in [4.78, 5) is 28.6. The standard InChI is InChI=1S/C16H17N7O2S/c1-10-21-13(19-6-7-25-15(17)24)8-14(22-10)23-16-20-9-12(26-16)11-2-4-18-5-3-11/h2-5,8-9H,6-7H2,1H3,(H2,17,24)(H2,19,20,21,22,23). The van der Waals surface area contributed by atoms with E-state index in [4.69, 9.17) is 5.73 Å². The lowest BCUT2D eigenvalue weighted by atomic mass is 10.2. The van der Waals surface area contributed by atoms with Crippen molar-refractivity contribution in [3.8, 4) is 10.4 Å². The van der Waals surface area contributed by atoms with Crippen LogP contribution in [0.15, 0.2) is 36.8 Å². The van der Waals surface area contributed by atoms with E-state index in [1.54, 1.807) is 31.6 Å². The summed E-state index contributed by atoms with van der Waals surface area (Å²) in [6.45, 7) is 2.34. The van der Waals surface area contributed by atoms with Crippen LogP contribution in [0, 0.1) is 6.92 Å². The van der Waals surface area contributed by atoms with Gasteiger partial charge in [0, 0.05) is 24.7 Å². The normalized spacial score (nSPS) is 10.3. The highest BCUT2D eigenvalue weighted by Crippen LogP contribution is 2.30. The van der Waals surface area contributed by atoms with Crippen LogP contribution in [0.25, 0.3) is 10.4 Å². The van der Waals surface area contributed by atoms with Crippen LogP contribution >= 0.6 is 11.3 Å². The van der Waals surface area contributed by atoms with E-state index in [1.807, 2.05) is 12.1 Å². The number of amides is 1. The van der Waals surface area contributed by atoms with E-state index in [1.165, 1.54) is 11.3 Å². The van der Waals surface area contributed by atoms with E-state index in [0.717, 1.165) is 15.6 Å². The molecule has 0 bridgehead atoms. The van der Waals surface area contributed by atoms with Crippen LogP contribution in [0.2, 0.25) is 0 Å². The van der Waals surface area contributed by atoms with Gasteiger partial charge in [0.15, 0.2) is 5.13 Å². The number of carbonyl (C=O) groups excluding carboxylic acids is 1. The Hall–Kier alpha value is -3.27. The minimum atomic E-state index is -0.804. The number of rotatable bonds is 7. The molecule has 3 aromatic rings. The lowest BCUT2D eigenvalue weighted by Crippen LogP contribution is -2.18. The number of nitrogens with zero attached hydrogens (tertiary/aromatic N) is 4. The number of anilines is 3. The average molecular weight is 371 g/mol. The third-order valence-corrected chi connectivity index (χ3v) is 4.16. The van der Waals surface area contributed by atoms with Crippen LogP contribution in [-0.2, 0) is 4.74 Å². The Morgan fingerprint density at radius 2 is 2.04 bits per heavy atom. The molecule has 0 aliphatic rings. The summed E-state index contributed by atoms with van der Waals surface area (Å²) in [5.74, 6) is 1.82. The predicted molar refractivity (Wildman–Crippen MR) is 99.4 cm³/mol. The highest BCUT2D eigenvalue weighted by molar-refractivity contribution is 7.18. The van der Waals surface area contributed by atoms with E-state index < -0.39 is 6.09 Å². The fraction of sp³-hybridized carbons (Fsp3) is 0.188. The third-order valence-electron chi connectivity index (χ3n) is 3.20. The van der Waals surface area contributed by atoms with E-state index in [9.17, 15) is 4.79 Å². The second kappa shape index (κ2) is 8.21. The quantitative estimate of drug-likeness (QED) is 0.541. The first-order chi connectivity index (χ1) is 12.6. The Balaban J connectivity index is 1.66. The number of thiazole rings is 1. The third kappa shape index (κ3) is 4.86. The van der Waals surface area contributed by atoms with Crippen LogP contribution in [0.1, 0.15) is 5.82 Å². The van der Waals surface area contributed by atoms with Crippen LogP contribution in [0.5, 0.6) is 0 Å². The van der Waals surface area contributed by atoms with Gasteiger partial charge < -0.3 is 21.1 Å². The van der Waals surface area contributed by atoms with E-state index >= 15 is 0 Å². The van der Waals surface area contributed by atoms with Crippen LogP contribution in [0.3, 0.4) is 0 Å². The van der Waals surface area contributed by atoms with E-state index in [2.05, 4.69) is 35.3 Å². The molecule has 0 atom stereocenters. The summed E-state index contributed by atoms with van der Waals surface area (Å²) in [6, 6.07) is 5.62. The van der Waals surface area contributed by atoms with Gasteiger partial charge in [-0.2, -0.15) is 0 Å². The number of pyridine rings is 1. The summed E-state index contributed by atoms with van der Waals surface area (Å²) in [5, 5.41) is 6.95. The van der Waals surface area contributed by atoms with Crippen LogP contribution in [-0.4, -0.2) is 39.2 Å². The average Bonchev–Trinajstić information content (AvgIpc) is 3.07. The summed E-state index contributed by atoms with van der Waals surface area (Å²) in [5.41, 5.74) is 5.97. The molecular formula is C16H17N7O2S. The SMILES string of the molecule is Cc1nc(NCCOC(N)=O)cc(Nc2ncc(-c3ccncc3)s2)n1. The zero-order chi connectivity index (χ0) is 18.4. The maximum atomic E-state index is 10.6. The number of aryl methyl sites for hydroxylation is 1. The van der Waals surface area contributed by atoms with Crippen molar-refractivity contribution in [2.75, 3.05) is 23.8 Å². The minimum absolute atomic E-state index is 0.156. The molecule has 0 saturated heterocycles. The number of hydrogen-bond donors (Lipinski definition) is 3. The second-order valence-electron chi connectivity index (χ2n) is 5.17. The highest BCUT2D eigenvalue weighted by Gasteiger charge is 2.07. The van der Waals surface area contributed by atoms with Crippen molar-refractivity contribution in [1.82, 2.24) is 19.9 Å². The fourth-order valence-electron chi connectivity index (χ4n) is 2.14. The molecule has 3 rings (SSSR count). The van der Waals surface area contributed by atoms with Crippen molar-refractivity contribution >= 4 is 34.2 Å². The molecule has 0 aliphatic carbocycles. The minimum Gasteiger partial charge on any atom is -0.448 e. The summed E-state index contributed by atoms with van der Waals surface area (Å²) in [6.07, 6.45) is 4.49. The van der Waals surface area contributed by atoms with Crippen molar-refractivity contribution in [2.24, 2.45) is 5.73 Å². The summed E-state index contributed by atoms with van der Waals surface area (Å²) >= 11 is 1.52.